The van der Waals surface area contributed by atoms with Gasteiger partial charge in [-0.3, -0.25) is 10.1 Å². The van der Waals surface area contributed by atoms with Gasteiger partial charge in [-0.15, -0.1) is 0 Å². The second-order valence-corrected chi connectivity index (χ2v) is 8.55. The first-order valence-corrected chi connectivity index (χ1v) is 9.56. The Kier molecular flexibility index (Phi) is 4.60. The summed E-state index contributed by atoms with van der Waals surface area (Å²) in [5.74, 6) is 0. The Morgan fingerprint density at radius 1 is 1.12 bits per heavy atom. The van der Waals surface area contributed by atoms with Crippen LogP contribution in [0.25, 0.3) is 0 Å². The molecule has 1 fully saturated rings. The van der Waals surface area contributed by atoms with Crippen LogP contribution in [0.4, 0.5) is 5.69 Å². The van der Waals surface area contributed by atoms with E-state index >= 15 is 0 Å². The van der Waals surface area contributed by atoms with Crippen LogP contribution in [0.3, 0.4) is 0 Å². The van der Waals surface area contributed by atoms with Crippen molar-refractivity contribution in [1.82, 2.24) is 4.31 Å². The molecular formula is C18H20N2O5S. The maximum Gasteiger partial charge on any atom is 0.269 e. The van der Waals surface area contributed by atoms with Crippen molar-refractivity contribution in [1.29, 1.82) is 0 Å². The second-order valence-electron chi connectivity index (χ2n) is 6.74. The number of nitrogens with zero attached hydrogens (tertiary/aromatic N) is 2. The SMILES string of the molecule is Cc1ccc(C2COC(C)(C)N2S(=O)(=O)c2ccc([N+](=O)[O-])cc2)cc1. The first-order chi connectivity index (χ1) is 12.1. The summed E-state index contributed by atoms with van der Waals surface area (Å²) in [4.78, 5) is 10.2. The summed E-state index contributed by atoms with van der Waals surface area (Å²) in [5, 5.41) is 10.8. The number of non-ortho nitro benzene ring substituents is 1. The van der Waals surface area contributed by atoms with Gasteiger partial charge in [0, 0.05) is 12.1 Å². The van der Waals surface area contributed by atoms with Crippen molar-refractivity contribution in [2.45, 2.75) is 37.4 Å². The predicted octanol–water partition coefficient (Wildman–Crippen LogP) is 3.40. The van der Waals surface area contributed by atoms with E-state index in [0.717, 1.165) is 11.1 Å². The third kappa shape index (κ3) is 3.23. The predicted molar refractivity (Wildman–Crippen MR) is 96.1 cm³/mol. The van der Waals surface area contributed by atoms with Crippen LogP contribution in [0.15, 0.2) is 53.4 Å². The van der Waals surface area contributed by atoms with Crippen molar-refractivity contribution >= 4 is 15.7 Å². The Morgan fingerprint density at radius 2 is 1.69 bits per heavy atom. The van der Waals surface area contributed by atoms with Gasteiger partial charge >= 0.3 is 0 Å². The number of aryl methyl sites for hydroxylation is 1. The summed E-state index contributed by atoms with van der Waals surface area (Å²) in [5.41, 5.74) is 0.732. The van der Waals surface area contributed by atoms with E-state index in [1.54, 1.807) is 13.8 Å². The lowest BCUT2D eigenvalue weighted by Gasteiger charge is -2.32. The van der Waals surface area contributed by atoms with Crippen LogP contribution >= 0.6 is 0 Å². The summed E-state index contributed by atoms with van der Waals surface area (Å²) in [6.07, 6.45) is 0. The number of nitro benzene ring substituents is 1. The molecule has 1 aliphatic rings. The fourth-order valence-electron chi connectivity index (χ4n) is 3.12. The van der Waals surface area contributed by atoms with E-state index in [1.165, 1.54) is 28.6 Å². The summed E-state index contributed by atoms with van der Waals surface area (Å²) in [7, 11) is -3.91. The molecule has 1 heterocycles. The summed E-state index contributed by atoms with van der Waals surface area (Å²) < 4.78 is 33.6. The average Bonchev–Trinajstić information content (AvgIpc) is 2.91. The molecule has 3 rings (SSSR count). The third-order valence-electron chi connectivity index (χ3n) is 4.47. The largest absolute Gasteiger partial charge is 0.358 e. The zero-order valence-corrected chi connectivity index (χ0v) is 15.6. The number of nitro groups is 1. The van der Waals surface area contributed by atoms with Crippen LogP contribution in [0.5, 0.6) is 0 Å². The number of rotatable bonds is 4. The van der Waals surface area contributed by atoms with Crippen LogP contribution in [-0.2, 0) is 14.8 Å². The molecule has 0 aromatic heterocycles. The highest BCUT2D eigenvalue weighted by atomic mass is 32.2. The minimum absolute atomic E-state index is 0.00112. The first-order valence-electron chi connectivity index (χ1n) is 8.12. The Balaban J connectivity index is 2.04. The summed E-state index contributed by atoms with van der Waals surface area (Å²) >= 11 is 0. The van der Waals surface area contributed by atoms with Crippen molar-refractivity contribution < 1.29 is 18.1 Å². The molecule has 0 radical (unpaired) electrons. The smallest absolute Gasteiger partial charge is 0.269 e. The minimum atomic E-state index is -3.91. The van der Waals surface area contributed by atoms with Gasteiger partial charge in [-0.2, -0.15) is 4.31 Å². The van der Waals surface area contributed by atoms with Crippen LogP contribution < -0.4 is 0 Å². The summed E-state index contributed by atoms with van der Waals surface area (Å²) in [6.45, 7) is 5.60. The molecule has 1 atom stereocenters. The number of hydrogen-bond acceptors (Lipinski definition) is 5. The zero-order chi connectivity index (χ0) is 19.1. The normalized spacial score (nSPS) is 20.2. The molecule has 0 aliphatic carbocycles. The Bertz CT molecular complexity index is 921. The van der Waals surface area contributed by atoms with E-state index in [-0.39, 0.29) is 17.2 Å². The lowest BCUT2D eigenvalue weighted by Crippen LogP contribution is -2.44. The van der Waals surface area contributed by atoms with Crippen molar-refractivity contribution in [3.05, 3.63) is 69.8 Å². The molecule has 0 bridgehead atoms. The van der Waals surface area contributed by atoms with Gasteiger partial charge in [0.1, 0.15) is 5.72 Å². The van der Waals surface area contributed by atoms with Crippen LogP contribution in [-0.4, -0.2) is 30.0 Å². The van der Waals surface area contributed by atoms with E-state index in [1.807, 2.05) is 31.2 Å². The van der Waals surface area contributed by atoms with Gasteiger partial charge in [-0.25, -0.2) is 8.42 Å². The van der Waals surface area contributed by atoms with E-state index in [9.17, 15) is 18.5 Å². The van der Waals surface area contributed by atoms with E-state index in [4.69, 9.17) is 4.74 Å². The number of ether oxygens (including phenoxy) is 1. The lowest BCUT2D eigenvalue weighted by atomic mass is 10.1. The fraction of sp³-hybridized carbons (Fsp3) is 0.333. The Labute approximate surface area is 152 Å². The highest BCUT2D eigenvalue weighted by Gasteiger charge is 2.49. The van der Waals surface area contributed by atoms with Gasteiger partial charge in [0.05, 0.1) is 22.5 Å². The van der Waals surface area contributed by atoms with Gasteiger partial charge in [-0.05, 0) is 38.5 Å². The maximum absolute atomic E-state index is 13.3. The van der Waals surface area contributed by atoms with Gasteiger partial charge < -0.3 is 4.74 Å². The summed E-state index contributed by atoms with van der Waals surface area (Å²) in [6, 6.07) is 12.1. The molecule has 7 nitrogen and oxygen atoms in total. The van der Waals surface area contributed by atoms with E-state index < -0.39 is 26.7 Å². The van der Waals surface area contributed by atoms with E-state index in [2.05, 4.69) is 0 Å². The molecule has 138 valence electrons. The standard InChI is InChI=1S/C18H20N2O5S/c1-13-4-6-14(7-5-13)17-12-25-18(2,3)19(17)26(23,24)16-10-8-15(9-11-16)20(21)22/h4-11,17H,12H2,1-3H3. The molecule has 1 saturated heterocycles. The molecule has 1 unspecified atom stereocenters. The molecule has 0 saturated carbocycles. The quantitative estimate of drug-likeness (QED) is 0.603. The van der Waals surface area contributed by atoms with Crippen molar-refractivity contribution in [3.63, 3.8) is 0 Å². The molecule has 0 N–H and O–H groups in total. The van der Waals surface area contributed by atoms with Gasteiger partial charge in [-0.1, -0.05) is 29.8 Å². The number of sulfonamides is 1. The van der Waals surface area contributed by atoms with Crippen LogP contribution in [0.1, 0.15) is 31.0 Å². The highest BCUT2D eigenvalue weighted by Crippen LogP contribution is 2.41. The minimum Gasteiger partial charge on any atom is -0.358 e. The topological polar surface area (TPSA) is 89.8 Å². The molecule has 0 spiro atoms. The van der Waals surface area contributed by atoms with Crippen LogP contribution in [0, 0.1) is 17.0 Å². The average molecular weight is 376 g/mol. The molecule has 26 heavy (non-hydrogen) atoms. The molecule has 2 aromatic rings. The second kappa shape index (κ2) is 6.46. The lowest BCUT2D eigenvalue weighted by molar-refractivity contribution is -0.384. The van der Waals surface area contributed by atoms with Gasteiger partial charge in [0.25, 0.3) is 5.69 Å². The van der Waals surface area contributed by atoms with Crippen LogP contribution in [0.2, 0.25) is 0 Å². The van der Waals surface area contributed by atoms with Gasteiger partial charge in [0.2, 0.25) is 10.0 Å². The molecule has 0 amide bonds. The monoisotopic (exact) mass is 376 g/mol. The number of benzene rings is 2. The number of hydrogen-bond donors (Lipinski definition) is 0. The first kappa shape index (κ1) is 18.5. The van der Waals surface area contributed by atoms with Crippen molar-refractivity contribution in [2.75, 3.05) is 6.61 Å². The zero-order valence-electron chi connectivity index (χ0n) is 14.7. The molecular weight excluding hydrogens is 356 g/mol. The Hall–Kier alpha value is -2.29. The molecule has 2 aromatic carbocycles. The van der Waals surface area contributed by atoms with Crippen molar-refractivity contribution in [2.24, 2.45) is 0 Å². The Morgan fingerprint density at radius 3 is 2.23 bits per heavy atom. The van der Waals surface area contributed by atoms with Gasteiger partial charge in [0.15, 0.2) is 0 Å². The molecule has 1 aliphatic heterocycles. The fourth-order valence-corrected chi connectivity index (χ4v) is 4.98. The van der Waals surface area contributed by atoms with E-state index in [0.29, 0.717) is 0 Å². The maximum atomic E-state index is 13.3. The highest BCUT2D eigenvalue weighted by molar-refractivity contribution is 7.89. The van der Waals surface area contributed by atoms with Crippen molar-refractivity contribution in [3.8, 4) is 0 Å². The third-order valence-corrected chi connectivity index (χ3v) is 6.55. The molecule has 8 heteroatoms.